The molecule has 0 unspecified atom stereocenters. The molecule has 74 valence electrons. The number of hydrogen-bond acceptors (Lipinski definition) is 3. The van der Waals surface area contributed by atoms with Gasteiger partial charge in [0, 0.05) is 5.38 Å². The summed E-state index contributed by atoms with van der Waals surface area (Å²) in [4.78, 5) is 11.6. The van der Waals surface area contributed by atoms with Crippen LogP contribution in [-0.4, -0.2) is 15.8 Å². The molecular weight excluding hydrogens is 264 g/mol. The van der Waals surface area contributed by atoms with E-state index in [2.05, 4.69) is 31.5 Å². The molecule has 0 aliphatic rings. The van der Waals surface area contributed by atoms with E-state index in [0.717, 1.165) is 0 Å². The van der Waals surface area contributed by atoms with Crippen LogP contribution in [0.1, 0.15) is 24.3 Å². The molecule has 1 rings (SSSR count). The average molecular weight is 273 g/mol. The quantitative estimate of drug-likeness (QED) is 0.838. The summed E-state index contributed by atoms with van der Waals surface area (Å²) in [6, 6.07) is 0. The highest BCUT2D eigenvalue weighted by molar-refractivity contribution is 9.10. The molecule has 1 aromatic heterocycles. The Morgan fingerprint density at radius 3 is 2.86 bits per heavy atom. The molecule has 0 aliphatic heterocycles. The predicted octanol–water partition coefficient (Wildman–Crippen LogP) is 2.05. The highest BCUT2D eigenvalue weighted by Gasteiger charge is 2.21. The van der Waals surface area contributed by atoms with E-state index in [9.17, 15) is 4.79 Å². The summed E-state index contributed by atoms with van der Waals surface area (Å²) >= 11 is 4.45. The van der Waals surface area contributed by atoms with Crippen molar-refractivity contribution < 1.29 is 4.79 Å². The topological polar surface area (TPSA) is 42.0 Å². The zero-order valence-electron chi connectivity index (χ0n) is 7.80. The summed E-state index contributed by atoms with van der Waals surface area (Å²) in [6.45, 7) is 3.51. The number of nitrogens with zero attached hydrogens (tertiary/aromatic N) is 1. The highest BCUT2D eigenvalue weighted by Crippen LogP contribution is 2.18. The second kappa shape index (κ2) is 4.11. The first-order valence-corrected chi connectivity index (χ1v) is 5.49. The average Bonchev–Trinajstić information content (AvgIpc) is 2.51. The van der Waals surface area contributed by atoms with E-state index in [4.69, 9.17) is 6.42 Å². The normalized spacial score (nSPS) is 10.7. The predicted molar refractivity (Wildman–Crippen MR) is 60.2 cm³/mol. The summed E-state index contributed by atoms with van der Waals surface area (Å²) in [6.07, 6.45) is 5.25. The SMILES string of the molecule is C#CC(C)(C)NC(=O)c1nscc1Br. The van der Waals surface area contributed by atoms with Crippen LogP contribution in [-0.2, 0) is 0 Å². The Bertz CT molecular complexity index is 392. The lowest BCUT2D eigenvalue weighted by atomic mass is 10.1. The minimum absolute atomic E-state index is 0.263. The number of rotatable bonds is 2. The van der Waals surface area contributed by atoms with Gasteiger partial charge in [0.2, 0.25) is 0 Å². The lowest BCUT2D eigenvalue weighted by molar-refractivity contribution is 0.0925. The number of amides is 1. The van der Waals surface area contributed by atoms with Gasteiger partial charge in [-0.25, -0.2) is 0 Å². The Hall–Kier alpha value is -0.860. The van der Waals surface area contributed by atoms with Crippen molar-refractivity contribution >= 4 is 33.4 Å². The molecule has 1 amide bonds. The van der Waals surface area contributed by atoms with Gasteiger partial charge in [-0.3, -0.25) is 4.79 Å². The summed E-state index contributed by atoms with van der Waals surface area (Å²) in [7, 11) is 0. The summed E-state index contributed by atoms with van der Waals surface area (Å²) in [5, 5.41) is 4.44. The first-order chi connectivity index (χ1) is 6.46. The van der Waals surface area contributed by atoms with E-state index < -0.39 is 5.54 Å². The van der Waals surface area contributed by atoms with Crippen LogP contribution in [0.3, 0.4) is 0 Å². The van der Waals surface area contributed by atoms with Crippen molar-refractivity contribution in [3.8, 4) is 12.3 Å². The maximum absolute atomic E-state index is 11.6. The van der Waals surface area contributed by atoms with E-state index in [1.54, 1.807) is 19.2 Å². The van der Waals surface area contributed by atoms with Crippen molar-refractivity contribution in [2.45, 2.75) is 19.4 Å². The molecule has 0 fully saturated rings. The molecular formula is C9H9BrN2OS. The van der Waals surface area contributed by atoms with Crippen LogP contribution in [0, 0.1) is 12.3 Å². The van der Waals surface area contributed by atoms with Gasteiger partial charge < -0.3 is 5.32 Å². The summed E-state index contributed by atoms with van der Waals surface area (Å²) in [5.41, 5.74) is -0.279. The minimum Gasteiger partial charge on any atom is -0.335 e. The van der Waals surface area contributed by atoms with Gasteiger partial charge in [0.25, 0.3) is 5.91 Å². The fourth-order valence-corrected chi connectivity index (χ4v) is 1.93. The van der Waals surface area contributed by atoms with Crippen LogP contribution in [0.15, 0.2) is 9.85 Å². The standard InChI is InChI=1S/C9H9BrN2OS/c1-4-9(2,3)11-8(13)7-6(10)5-14-12-7/h1,5H,2-3H3,(H,11,13). The minimum atomic E-state index is -0.653. The fourth-order valence-electron chi connectivity index (χ4n) is 0.754. The second-order valence-corrected chi connectivity index (χ2v) is 4.72. The number of carbonyl (C=O) groups excluding carboxylic acids is 1. The Morgan fingerprint density at radius 1 is 1.79 bits per heavy atom. The van der Waals surface area contributed by atoms with Gasteiger partial charge in [0.05, 0.1) is 10.0 Å². The van der Waals surface area contributed by atoms with Crippen molar-refractivity contribution in [1.82, 2.24) is 9.69 Å². The third-order valence-electron chi connectivity index (χ3n) is 1.53. The molecule has 14 heavy (non-hydrogen) atoms. The molecule has 0 bridgehead atoms. The lowest BCUT2D eigenvalue weighted by Gasteiger charge is -2.18. The van der Waals surface area contributed by atoms with Crippen LogP contribution < -0.4 is 5.32 Å². The van der Waals surface area contributed by atoms with Gasteiger partial charge in [-0.15, -0.1) is 6.42 Å². The van der Waals surface area contributed by atoms with Crippen LogP contribution in [0.5, 0.6) is 0 Å². The van der Waals surface area contributed by atoms with Crippen molar-refractivity contribution in [2.24, 2.45) is 0 Å². The molecule has 0 aromatic carbocycles. The number of terminal acetylenes is 1. The molecule has 0 spiro atoms. The zero-order chi connectivity index (χ0) is 10.8. The lowest BCUT2D eigenvalue weighted by Crippen LogP contribution is -2.42. The van der Waals surface area contributed by atoms with Crippen LogP contribution in [0.25, 0.3) is 0 Å². The molecule has 0 atom stereocenters. The monoisotopic (exact) mass is 272 g/mol. The second-order valence-electron chi connectivity index (χ2n) is 3.23. The van der Waals surface area contributed by atoms with E-state index in [1.807, 2.05) is 0 Å². The number of carbonyl (C=O) groups is 1. The van der Waals surface area contributed by atoms with Crippen LogP contribution in [0.4, 0.5) is 0 Å². The molecule has 0 radical (unpaired) electrons. The number of nitrogens with one attached hydrogen (secondary N) is 1. The third-order valence-corrected chi connectivity index (χ3v) is 3.06. The molecule has 1 aromatic rings. The molecule has 0 aliphatic carbocycles. The molecule has 1 N–H and O–H groups in total. The highest BCUT2D eigenvalue weighted by atomic mass is 79.9. The van der Waals surface area contributed by atoms with E-state index in [1.165, 1.54) is 11.5 Å². The van der Waals surface area contributed by atoms with Gasteiger partial charge in [-0.1, -0.05) is 5.92 Å². The van der Waals surface area contributed by atoms with E-state index >= 15 is 0 Å². The van der Waals surface area contributed by atoms with Crippen molar-refractivity contribution in [1.29, 1.82) is 0 Å². The molecule has 0 saturated carbocycles. The Labute approximate surface area is 95.2 Å². The molecule has 5 heteroatoms. The van der Waals surface area contributed by atoms with Crippen LogP contribution in [0.2, 0.25) is 0 Å². The van der Waals surface area contributed by atoms with Gasteiger partial charge in [-0.2, -0.15) is 4.37 Å². The first kappa shape index (κ1) is 11.2. The Kier molecular flexibility index (Phi) is 3.29. The fraction of sp³-hybridized carbons (Fsp3) is 0.333. The third kappa shape index (κ3) is 2.56. The first-order valence-electron chi connectivity index (χ1n) is 3.86. The molecule has 1 heterocycles. The van der Waals surface area contributed by atoms with Gasteiger partial charge in [-0.05, 0) is 41.3 Å². The van der Waals surface area contributed by atoms with Crippen molar-refractivity contribution in [2.75, 3.05) is 0 Å². The number of hydrogen-bond donors (Lipinski definition) is 1. The van der Waals surface area contributed by atoms with E-state index in [-0.39, 0.29) is 5.91 Å². The summed E-state index contributed by atoms with van der Waals surface area (Å²) in [5.74, 6) is 2.22. The number of aromatic nitrogens is 1. The van der Waals surface area contributed by atoms with E-state index in [0.29, 0.717) is 10.2 Å². The van der Waals surface area contributed by atoms with Crippen molar-refractivity contribution in [3.63, 3.8) is 0 Å². The summed E-state index contributed by atoms with van der Waals surface area (Å²) < 4.78 is 4.64. The van der Waals surface area contributed by atoms with Crippen LogP contribution >= 0.6 is 27.5 Å². The maximum Gasteiger partial charge on any atom is 0.273 e. The largest absolute Gasteiger partial charge is 0.335 e. The number of halogens is 1. The molecule has 3 nitrogen and oxygen atoms in total. The van der Waals surface area contributed by atoms with Crippen molar-refractivity contribution in [3.05, 3.63) is 15.5 Å². The van der Waals surface area contributed by atoms with Gasteiger partial charge in [0.1, 0.15) is 0 Å². The zero-order valence-corrected chi connectivity index (χ0v) is 10.2. The van der Waals surface area contributed by atoms with Gasteiger partial charge >= 0.3 is 0 Å². The smallest absolute Gasteiger partial charge is 0.273 e. The van der Waals surface area contributed by atoms with Gasteiger partial charge in [0.15, 0.2) is 5.69 Å². The maximum atomic E-state index is 11.6. The Morgan fingerprint density at radius 2 is 2.43 bits per heavy atom. The molecule has 0 saturated heterocycles. The Balaban J connectivity index is 2.80.